The zero-order chi connectivity index (χ0) is 14.9. The largest absolute Gasteiger partial charge is 0.506 e. The predicted molar refractivity (Wildman–Crippen MR) is 76.3 cm³/mol. The molecule has 1 aromatic carbocycles. The number of amides is 1. The molecule has 1 unspecified atom stereocenters. The van der Waals surface area contributed by atoms with Gasteiger partial charge in [0.25, 0.3) is 5.91 Å². The summed E-state index contributed by atoms with van der Waals surface area (Å²) < 4.78 is 23.0. The summed E-state index contributed by atoms with van der Waals surface area (Å²) in [6, 6.07) is 4.01. The zero-order valence-corrected chi connectivity index (χ0v) is 12.1. The normalized spacial score (nSPS) is 20.8. The lowest BCUT2D eigenvalue weighted by Gasteiger charge is -2.27. The number of carbonyl (C=O) groups is 1. The van der Waals surface area contributed by atoms with Crippen LogP contribution < -0.4 is 5.73 Å². The number of phenols is 1. The zero-order valence-electron chi connectivity index (χ0n) is 11.2. The van der Waals surface area contributed by atoms with Crippen LogP contribution in [-0.4, -0.2) is 48.4 Å². The van der Waals surface area contributed by atoms with Crippen LogP contribution in [0.1, 0.15) is 23.7 Å². The Bertz CT molecular complexity index is 627. The van der Waals surface area contributed by atoms with Crippen molar-refractivity contribution in [3.05, 3.63) is 23.8 Å². The van der Waals surface area contributed by atoms with E-state index in [-0.39, 0.29) is 34.9 Å². The van der Waals surface area contributed by atoms with Gasteiger partial charge in [0.2, 0.25) is 0 Å². The van der Waals surface area contributed by atoms with Gasteiger partial charge in [-0.2, -0.15) is 0 Å². The number of benzene rings is 1. The summed E-state index contributed by atoms with van der Waals surface area (Å²) in [5.74, 6) is -0.307. The van der Waals surface area contributed by atoms with Crippen molar-refractivity contribution in [2.75, 3.05) is 23.8 Å². The van der Waals surface area contributed by atoms with Gasteiger partial charge in [-0.1, -0.05) is 0 Å². The number of phenolic OH excluding ortho intramolecular Hbond substituents is 1. The second-order valence-corrected chi connectivity index (χ2v) is 7.15. The molecule has 0 radical (unpaired) electrons. The summed E-state index contributed by atoms with van der Waals surface area (Å²) in [6.45, 7) is 2.23. The fourth-order valence-corrected chi connectivity index (χ4v) is 4.16. The van der Waals surface area contributed by atoms with Crippen LogP contribution in [0.4, 0.5) is 5.69 Å². The first-order valence-electron chi connectivity index (χ1n) is 6.44. The molecule has 1 aliphatic heterocycles. The van der Waals surface area contributed by atoms with Crippen molar-refractivity contribution < 1.29 is 18.3 Å². The van der Waals surface area contributed by atoms with Crippen LogP contribution in [0.2, 0.25) is 0 Å². The van der Waals surface area contributed by atoms with Crippen molar-refractivity contribution in [3.63, 3.8) is 0 Å². The highest BCUT2D eigenvalue weighted by Crippen LogP contribution is 2.24. The third-order valence-corrected chi connectivity index (χ3v) is 5.28. The molecule has 1 atom stereocenters. The molecule has 0 saturated carbocycles. The lowest BCUT2D eigenvalue weighted by Crippen LogP contribution is -2.40. The van der Waals surface area contributed by atoms with Crippen LogP contribution in [0.5, 0.6) is 5.75 Å². The van der Waals surface area contributed by atoms with E-state index < -0.39 is 9.84 Å². The van der Waals surface area contributed by atoms with Crippen LogP contribution in [0.15, 0.2) is 18.2 Å². The highest BCUT2D eigenvalue weighted by atomic mass is 32.2. The first-order chi connectivity index (χ1) is 9.34. The predicted octanol–water partition coefficient (Wildman–Crippen LogP) is 0.624. The highest BCUT2D eigenvalue weighted by molar-refractivity contribution is 7.91. The lowest BCUT2D eigenvalue weighted by molar-refractivity contribution is 0.0708. The summed E-state index contributed by atoms with van der Waals surface area (Å²) in [6.07, 6.45) is 0.461. The highest BCUT2D eigenvalue weighted by Gasteiger charge is 2.34. The molecular formula is C13H18N2O4S. The van der Waals surface area contributed by atoms with Crippen molar-refractivity contribution in [1.29, 1.82) is 0 Å². The number of anilines is 1. The Labute approximate surface area is 118 Å². The summed E-state index contributed by atoms with van der Waals surface area (Å²) in [5, 5.41) is 9.56. The van der Waals surface area contributed by atoms with E-state index in [0.29, 0.717) is 18.5 Å². The van der Waals surface area contributed by atoms with Crippen molar-refractivity contribution in [3.8, 4) is 5.75 Å². The standard InChI is InChI=1S/C13H18N2O4S/c1-2-15(10-5-6-20(18,19)8-10)13(17)9-3-4-11(14)12(16)7-9/h3-4,7,10,16H,2,5-6,8,14H2,1H3. The molecule has 3 N–H and O–H groups in total. The number of hydrogen-bond donors (Lipinski definition) is 2. The van der Waals surface area contributed by atoms with Gasteiger partial charge in [-0.05, 0) is 31.5 Å². The first-order valence-corrected chi connectivity index (χ1v) is 8.26. The Balaban J connectivity index is 2.23. The van der Waals surface area contributed by atoms with E-state index in [9.17, 15) is 18.3 Å². The van der Waals surface area contributed by atoms with Gasteiger partial charge in [0.15, 0.2) is 9.84 Å². The van der Waals surface area contributed by atoms with Gasteiger partial charge in [-0.15, -0.1) is 0 Å². The molecular weight excluding hydrogens is 280 g/mol. The molecule has 1 aromatic rings. The Kier molecular flexibility index (Phi) is 3.89. The number of sulfone groups is 1. The Morgan fingerprint density at radius 2 is 2.20 bits per heavy atom. The van der Waals surface area contributed by atoms with Crippen LogP contribution in [0, 0.1) is 0 Å². The van der Waals surface area contributed by atoms with E-state index in [1.165, 1.54) is 23.1 Å². The number of rotatable bonds is 3. The summed E-state index contributed by atoms with van der Waals surface area (Å²) >= 11 is 0. The van der Waals surface area contributed by atoms with E-state index in [0.717, 1.165) is 0 Å². The second-order valence-electron chi connectivity index (χ2n) is 4.92. The molecule has 1 saturated heterocycles. The Hall–Kier alpha value is -1.76. The number of hydrogen-bond acceptors (Lipinski definition) is 5. The maximum atomic E-state index is 12.4. The monoisotopic (exact) mass is 298 g/mol. The maximum Gasteiger partial charge on any atom is 0.254 e. The first kappa shape index (κ1) is 14.6. The minimum atomic E-state index is -3.04. The summed E-state index contributed by atoms with van der Waals surface area (Å²) in [4.78, 5) is 14.0. The number of nitrogen functional groups attached to an aromatic ring is 1. The molecule has 0 bridgehead atoms. The van der Waals surface area contributed by atoms with Gasteiger partial charge in [-0.25, -0.2) is 8.42 Å². The fourth-order valence-electron chi connectivity index (χ4n) is 2.43. The summed E-state index contributed by atoms with van der Waals surface area (Å²) in [5.41, 5.74) is 6.01. The number of aromatic hydroxyl groups is 1. The van der Waals surface area contributed by atoms with Gasteiger partial charge in [0.1, 0.15) is 5.75 Å². The maximum absolute atomic E-state index is 12.4. The van der Waals surface area contributed by atoms with Gasteiger partial charge in [0, 0.05) is 18.2 Å². The molecule has 110 valence electrons. The SMILES string of the molecule is CCN(C(=O)c1ccc(N)c(O)c1)C1CCS(=O)(=O)C1. The molecule has 0 aromatic heterocycles. The third-order valence-electron chi connectivity index (χ3n) is 3.53. The molecule has 1 fully saturated rings. The van der Waals surface area contributed by atoms with Gasteiger partial charge < -0.3 is 15.7 Å². The van der Waals surface area contributed by atoms with Crippen LogP contribution in [0.3, 0.4) is 0 Å². The van der Waals surface area contributed by atoms with E-state index in [4.69, 9.17) is 5.73 Å². The summed E-state index contributed by atoms with van der Waals surface area (Å²) in [7, 11) is -3.04. The van der Waals surface area contributed by atoms with E-state index in [1.807, 2.05) is 0 Å². The van der Waals surface area contributed by atoms with E-state index in [2.05, 4.69) is 0 Å². The van der Waals surface area contributed by atoms with Crippen molar-refractivity contribution >= 4 is 21.4 Å². The Morgan fingerprint density at radius 3 is 2.70 bits per heavy atom. The van der Waals surface area contributed by atoms with Gasteiger partial charge in [0.05, 0.1) is 17.2 Å². The molecule has 20 heavy (non-hydrogen) atoms. The molecule has 1 amide bonds. The smallest absolute Gasteiger partial charge is 0.254 e. The quantitative estimate of drug-likeness (QED) is 0.629. The number of nitrogens with zero attached hydrogens (tertiary/aromatic N) is 1. The van der Waals surface area contributed by atoms with Crippen LogP contribution in [-0.2, 0) is 9.84 Å². The topological polar surface area (TPSA) is 101 Å². The van der Waals surface area contributed by atoms with E-state index >= 15 is 0 Å². The lowest BCUT2D eigenvalue weighted by atomic mass is 10.1. The molecule has 7 heteroatoms. The molecule has 1 heterocycles. The molecule has 0 spiro atoms. The van der Waals surface area contributed by atoms with Gasteiger partial charge in [-0.3, -0.25) is 4.79 Å². The molecule has 0 aliphatic carbocycles. The van der Waals surface area contributed by atoms with Crippen molar-refractivity contribution in [2.24, 2.45) is 0 Å². The van der Waals surface area contributed by atoms with Crippen LogP contribution in [0.25, 0.3) is 0 Å². The molecule has 6 nitrogen and oxygen atoms in total. The number of carbonyl (C=O) groups excluding carboxylic acids is 1. The number of nitrogens with two attached hydrogens (primary N) is 1. The second kappa shape index (κ2) is 5.32. The fraction of sp³-hybridized carbons (Fsp3) is 0.462. The Morgan fingerprint density at radius 1 is 1.50 bits per heavy atom. The molecule has 2 rings (SSSR count). The van der Waals surface area contributed by atoms with Gasteiger partial charge >= 0.3 is 0 Å². The average molecular weight is 298 g/mol. The van der Waals surface area contributed by atoms with Crippen LogP contribution >= 0.6 is 0 Å². The van der Waals surface area contributed by atoms with Crippen molar-refractivity contribution in [1.82, 2.24) is 4.90 Å². The van der Waals surface area contributed by atoms with Crippen molar-refractivity contribution in [2.45, 2.75) is 19.4 Å². The minimum absolute atomic E-state index is 0.00747. The molecule has 1 aliphatic rings. The minimum Gasteiger partial charge on any atom is -0.506 e. The third kappa shape index (κ3) is 2.87. The van der Waals surface area contributed by atoms with E-state index in [1.54, 1.807) is 6.92 Å². The average Bonchev–Trinajstić information content (AvgIpc) is 2.74.